The molecule has 2 aromatic heterocycles. The normalized spacial score (nSPS) is 11.8. The molecule has 0 aliphatic carbocycles. The highest BCUT2D eigenvalue weighted by molar-refractivity contribution is 7.26. The Morgan fingerprint density at radius 2 is 1.08 bits per heavy atom. The van der Waals surface area contributed by atoms with Crippen LogP contribution in [0.15, 0.2) is 121 Å². The predicted molar refractivity (Wildman–Crippen MR) is 165 cm³/mol. The maximum Gasteiger partial charge on any atom is 0.0478 e. The lowest BCUT2D eigenvalue weighted by atomic mass is 9.95. The summed E-state index contributed by atoms with van der Waals surface area (Å²) in [4.78, 5) is 0. The zero-order chi connectivity index (χ0) is 24.3. The Kier molecular flexibility index (Phi) is 4.63. The summed E-state index contributed by atoms with van der Waals surface area (Å²) in [5, 5.41) is 11.6. The van der Waals surface area contributed by atoms with Gasteiger partial charge in [-0.1, -0.05) is 78.9 Å². The third-order valence-corrected chi connectivity index (χ3v) is 9.53. The maximum absolute atomic E-state index is 3.77. The van der Waals surface area contributed by atoms with E-state index in [1.165, 1.54) is 62.2 Å². The number of hydrogen-bond donors (Lipinski definition) is 1. The standard InChI is InChI=1S/C34H21NS2/c1-2-10-23-21(8-1)9-5-12-24(23)25-13-6-16-31-33(25)27-20-22(18-19-30(27)37-31)35-28-14-7-17-32-34(28)26-11-3-4-15-29(26)36-32/h1-20,35H. The fraction of sp³-hybridized carbons (Fsp3) is 0. The van der Waals surface area contributed by atoms with Crippen LogP contribution in [-0.2, 0) is 0 Å². The molecule has 0 aliphatic heterocycles. The van der Waals surface area contributed by atoms with Crippen molar-refractivity contribution >= 4 is 85.2 Å². The second kappa shape index (κ2) is 8.17. The number of fused-ring (bicyclic) bond motifs is 7. The van der Waals surface area contributed by atoms with Crippen LogP contribution >= 0.6 is 22.7 Å². The summed E-state index contributed by atoms with van der Waals surface area (Å²) in [5.74, 6) is 0. The Bertz CT molecular complexity index is 2120. The predicted octanol–water partition coefficient (Wildman–Crippen LogP) is 11.0. The number of thiophene rings is 2. The molecular weight excluding hydrogens is 487 g/mol. The average Bonchev–Trinajstić information content (AvgIpc) is 3.51. The van der Waals surface area contributed by atoms with E-state index < -0.39 is 0 Å². The van der Waals surface area contributed by atoms with Crippen molar-refractivity contribution in [2.24, 2.45) is 0 Å². The monoisotopic (exact) mass is 507 g/mol. The van der Waals surface area contributed by atoms with Crippen LogP contribution in [0.3, 0.4) is 0 Å². The first-order chi connectivity index (χ1) is 18.3. The molecule has 8 rings (SSSR count). The summed E-state index contributed by atoms with van der Waals surface area (Å²) in [6, 6.07) is 44.1. The van der Waals surface area contributed by atoms with Crippen molar-refractivity contribution < 1.29 is 0 Å². The van der Waals surface area contributed by atoms with Gasteiger partial charge < -0.3 is 5.32 Å². The van der Waals surface area contributed by atoms with E-state index in [2.05, 4.69) is 127 Å². The topological polar surface area (TPSA) is 12.0 Å². The molecule has 0 fully saturated rings. The number of nitrogens with one attached hydrogen (secondary N) is 1. The van der Waals surface area contributed by atoms with Crippen LogP contribution in [0.25, 0.3) is 62.2 Å². The van der Waals surface area contributed by atoms with Gasteiger partial charge in [-0.05, 0) is 64.4 Å². The molecule has 2 heterocycles. The smallest absolute Gasteiger partial charge is 0.0478 e. The molecule has 0 atom stereocenters. The molecule has 0 bridgehead atoms. The van der Waals surface area contributed by atoms with Gasteiger partial charge >= 0.3 is 0 Å². The molecule has 1 N–H and O–H groups in total. The van der Waals surface area contributed by atoms with Crippen LogP contribution in [0.1, 0.15) is 0 Å². The first kappa shape index (κ1) is 21.0. The lowest BCUT2D eigenvalue weighted by molar-refractivity contribution is 1.62. The van der Waals surface area contributed by atoms with E-state index in [0.717, 1.165) is 11.4 Å². The van der Waals surface area contributed by atoms with E-state index in [0.29, 0.717) is 0 Å². The lowest BCUT2D eigenvalue weighted by Crippen LogP contribution is -1.90. The van der Waals surface area contributed by atoms with Crippen molar-refractivity contribution in [2.45, 2.75) is 0 Å². The Hall–Kier alpha value is -4.18. The molecule has 0 radical (unpaired) electrons. The van der Waals surface area contributed by atoms with Crippen LogP contribution in [0, 0.1) is 0 Å². The zero-order valence-electron chi connectivity index (χ0n) is 19.9. The summed E-state index contributed by atoms with van der Waals surface area (Å²) in [7, 11) is 0. The Morgan fingerprint density at radius 1 is 0.432 bits per heavy atom. The van der Waals surface area contributed by atoms with Gasteiger partial charge in [-0.3, -0.25) is 0 Å². The Balaban J connectivity index is 1.33. The Morgan fingerprint density at radius 3 is 2.00 bits per heavy atom. The fourth-order valence-electron chi connectivity index (χ4n) is 5.62. The quantitative estimate of drug-likeness (QED) is 0.251. The molecule has 0 aliphatic rings. The summed E-state index contributed by atoms with van der Waals surface area (Å²) >= 11 is 3.72. The molecule has 6 aromatic carbocycles. The van der Waals surface area contributed by atoms with Crippen molar-refractivity contribution in [1.82, 2.24) is 0 Å². The lowest BCUT2D eigenvalue weighted by Gasteiger charge is -2.11. The molecule has 3 heteroatoms. The zero-order valence-corrected chi connectivity index (χ0v) is 21.5. The van der Waals surface area contributed by atoms with Gasteiger partial charge in [-0.25, -0.2) is 0 Å². The highest BCUT2D eigenvalue weighted by Crippen LogP contribution is 2.44. The van der Waals surface area contributed by atoms with Gasteiger partial charge in [-0.15, -0.1) is 22.7 Å². The molecule has 1 nitrogen and oxygen atoms in total. The van der Waals surface area contributed by atoms with E-state index >= 15 is 0 Å². The molecule has 0 saturated heterocycles. The van der Waals surface area contributed by atoms with E-state index in [1.54, 1.807) is 0 Å². The largest absolute Gasteiger partial charge is 0.355 e. The third kappa shape index (κ3) is 3.28. The summed E-state index contributed by atoms with van der Waals surface area (Å²) in [6.45, 7) is 0. The molecule has 37 heavy (non-hydrogen) atoms. The minimum atomic E-state index is 1.11. The van der Waals surface area contributed by atoms with Gasteiger partial charge in [0.15, 0.2) is 0 Å². The highest BCUT2D eigenvalue weighted by Gasteiger charge is 2.14. The van der Waals surface area contributed by atoms with Gasteiger partial charge in [0.1, 0.15) is 0 Å². The second-order valence-corrected chi connectivity index (χ2v) is 11.6. The van der Waals surface area contributed by atoms with E-state index in [9.17, 15) is 0 Å². The van der Waals surface area contributed by atoms with Crippen LogP contribution < -0.4 is 5.32 Å². The second-order valence-electron chi connectivity index (χ2n) is 9.42. The van der Waals surface area contributed by atoms with Crippen molar-refractivity contribution in [3.63, 3.8) is 0 Å². The molecule has 0 spiro atoms. The fourth-order valence-corrected chi connectivity index (χ4v) is 7.87. The van der Waals surface area contributed by atoms with Gasteiger partial charge in [0.25, 0.3) is 0 Å². The van der Waals surface area contributed by atoms with Crippen molar-refractivity contribution in [3.05, 3.63) is 121 Å². The van der Waals surface area contributed by atoms with Crippen molar-refractivity contribution in [1.29, 1.82) is 0 Å². The molecule has 0 unspecified atom stereocenters. The Labute approximate surface area is 222 Å². The first-order valence-electron chi connectivity index (χ1n) is 12.4. The van der Waals surface area contributed by atoms with Crippen LogP contribution in [0.2, 0.25) is 0 Å². The van der Waals surface area contributed by atoms with Crippen molar-refractivity contribution in [2.75, 3.05) is 5.32 Å². The van der Waals surface area contributed by atoms with Crippen LogP contribution in [0.5, 0.6) is 0 Å². The average molecular weight is 508 g/mol. The van der Waals surface area contributed by atoms with Crippen LogP contribution in [0.4, 0.5) is 11.4 Å². The number of hydrogen-bond acceptors (Lipinski definition) is 3. The third-order valence-electron chi connectivity index (χ3n) is 7.26. The molecule has 0 amide bonds. The van der Waals surface area contributed by atoms with Gasteiger partial charge in [-0.2, -0.15) is 0 Å². The van der Waals surface area contributed by atoms with E-state index in [1.807, 2.05) is 22.7 Å². The summed E-state index contributed by atoms with van der Waals surface area (Å²) < 4.78 is 5.27. The number of benzene rings is 6. The highest BCUT2D eigenvalue weighted by atomic mass is 32.1. The number of rotatable bonds is 3. The van der Waals surface area contributed by atoms with Gasteiger partial charge in [0.05, 0.1) is 0 Å². The maximum atomic E-state index is 3.77. The van der Waals surface area contributed by atoms with Gasteiger partial charge in [0, 0.05) is 51.7 Å². The minimum absolute atomic E-state index is 1.11. The molecule has 174 valence electrons. The SMILES string of the molecule is c1ccc2c(-c3cccc4sc5ccc(Nc6cccc7sc8ccccc8c67)cc5c34)cccc2c1. The summed E-state index contributed by atoms with van der Waals surface area (Å²) in [5.41, 5.74) is 4.85. The van der Waals surface area contributed by atoms with Gasteiger partial charge in [0.2, 0.25) is 0 Å². The summed E-state index contributed by atoms with van der Waals surface area (Å²) in [6.07, 6.45) is 0. The van der Waals surface area contributed by atoms with E-state index in [4.69, 9.17) is 0 Å². The molecular formula is C34H21NS2. The molecule has 8 aromatic rings. The first-order valence-corrected chi connectivity index (χ1v) is 14.1. The van der Waals surface area contributed by atoms with E-state index in [-0.39, 0.29) is 0 Å². The number of anilines is 2. The molecule has 0 saturated carbocycles. The van der Waals surface area contributed by atoms with Crippen molar-refractivity contribution in [3.8, 4) is 11.1 Å². The minimum Gasteiger partial charge on any atom is -0.355 e. The van der Waals surface area contributed by atoms with Crippen LogP contribution in [-0.4, -0.2) is 0 Å².